The van der Waals surface area contributed by atoms with Crippen LogP contribution in [0.25, 0.3) is 0 Å². The molecule has 5 nitrogen and oxygen atoms in total. The van der Waals surface area contributed by atoms with Crippen molar-refractivity contribution in [3.05, 3.63) is 34.8 Å². The second-order valence-corrected chi connectivity index (χ2v) is 8.58. The van der Waals surface area contributed by atoms with E-state index in [1.165, 1.54) is 25.4 Å². The maximum Gasteiger partial charge on any atom is 0.163 e. The topological polar surface area (TPSA) is 65.0 Å². The smallest absolute Gasteiger partial charge is 0.163 e. The number of aliphatic hydroxyl groups is 1. The van der Waals surface area contributed by atoms with Crippen molar-refractivity contribution < 1.29 is 24.1 Å². The predicted molar refractivity (Wildman–Crippen MR) is 116 cm³/mol. The molecular formula is C24H40O5. The summed E-state index contributed by atoms with van der Waals surface area (Å²) >= 11 is 0. The average Bonchev–Trinajstić information content (AvgIpc) is 2.67. The molecule has 0 bridgehead atoms. The Bertz CT molecular complexity index is 627. The van der Waals surface area contributed by atoms with Gasteiger partial charge in [-0.1, -0.05) is 23.3 Å². The highest BCUT2D eigenvalue weighted by Crippen LogP contribution is 2.31. The van der Waals surface area contributed by atoms with Gasteiger partial charge in [0.1, 0.15) is 17.6 Å². The molecule has 5 heteroatoms. The fourth-order valence-electron chi connectivity index (χ4n) is 3.54. The van der Waals surface area contributed by atoms with E-state index in [-0.39, 0.29) is 17.8 Å². The second-order valence-electron chi connectivity index (χ2n) is 8.58. The number of methoxy groups -OCH3 is 3. The van der Waals surface area contributed by atoms with E-state index in [9.17, 15) is 9.90 Å². The normalized spacial score (nSPS) is 21.6. The Morgan fingerprint density at radius 1 is 1.10 bits per heavy atom. The van der Waals surface area contributed by atoms with Gasteiger partial charge in [-0.3, -0.25) is 4.79 Å². The van der Waals surface area contributed by atoms with Crippen LogP contribution in [0.1, 0.15) is 72.6 Å². The number of ether oxygens (including phenoxy) is 3. The zero-order valence-corrected chi connectivity index (χ0v) is 19.3. The molecule has 0 amide bonds. The molecule has 0 saturated carbocycles. The highest BCUT2D eigenvalue weighted by molar-refractivity contribution is 5.85. The lowest BCUT2D eigenvalue weighted by Gasteiger charge is -2.28. The zero-order valence-electron chi connectivity index (χ0n) is 19.3. The largest absolute Gasteiger partial charge is 0.497 e. The Labute approximate surface area is 176 Å². The van der Waals surface area contributed by atoms with Gasteiger partial charge in [0.15, 0.2) is 5.76 Å². The minimum Gasteiger partial charge on any atom is -0.497 e. The Hall–Kier alpha value is -1.59. The van der Waals surface area contributed by atoms with Gasteiger partial charge in [0.05, 0.1) is 32.2 Å². The third-order valence-electron chi connectivity index (χ3n) is 5.79. The van der Waals surface area contributed by atoms with Crippen LogP contribution in [0.15, 0.2) is 34.8 Å². The van der Waals surface area contributed by atoms with Crippen molar-refractivity contribution in [3.8, 4) is 0 Å². The summed E-state index contributed by atoms with van der Waals surface area (Å²) in [6.07, 6.45) is 9.32. The minimum absolute atomic E-state index is 0.00563. The molecule has 0 fully saturated rings. The number of Topliss-reactive ketones (excluding diaryl/α,β-unsaturated/α-hetero) is 1. The fraction of sp³-hybridized carbons (Fsp3) is 0.708. The van der Waals surface area contributed by atoms with Crippen LogP contribution in [0.4, 0.5) is 0 Å². The summed E-state index contributed by atoms with van der Waals surface area (Å²) < 4.78 is 15.9. The molecule has 1 rings (SSSR count). The zero-order chi connectivity index (χ0) is 22.0. The molecule has 0 heterocycles. The summed E-state index contributed by atoms with van der Waals surface area (Å²) in [5.41, 5.74) is 2.59. The summed E-state index contributed by atoms with van der Waals surface area (Å²) in [7, 11) is 4.75. The van der Waals surface area contributed by atoms with Crippen molar-refractivity contribution in [2.45, 2.75) is 84.3 Å². The Morgan fingerprint density at radius 3 is 2.34 bits per heavy atom. The van der Waals surface area contributed by atoms with Gasteiger partial charge in [0.25, 0.3) is 0 Å². The van der Waals surface area contributed by atoms with Crippen LogP contribution in [-0.4, -0.2) is 43.9 Å². The summed E-state index contributed by atoms with van der Waals surface area (Å²) in [5, 5.41) is 10.5. The van der Waals surface area contributed by atoms with Crippen LogP contribution < -0.4 is 0 Å². The third kappa shape index (κ3) is 8.35. The van der Waals surface area contributed by atoms with Gasteiger partial charge in [-0.25, -0.2) is 0 Å². The Morgan fingerprint density at radius 2 is 1.76 bits per heavy atom. The highest BCUT2D eigenvalue weighted by Gasteiger charge is 2.37. The molecule has 166 valence electrons. The molecule has 2 atom stereocenters. The molecule has 1 aliphatic carbocycles. The van der Waals surface area contributed by atoms with Gasteiger partial charge >= 0.3 is 0 Å². The van der Waals surface area contributed by atoms with Gasteiger partial charge in [0.2, 0.25) is 0 Å². The molecule has 0 aromatic carbocycles. The highest BCUT2D eigenvalue weighted by atomic mass is 16.5. The van der Waals surface area contributed by atoms with E-state index in [0.717, 1.165) is 32.1 Å². The quantitative estimate of drug-likeness (QED) is 0.455. The first-order valence-corrected chi connectivity index (χ1v) is 10.5. The maximum atomic E-state index is 12.4. The van der Waals surface area contributed by atoms with Crippen molar-refractivity contribution in [2.75, 3.05) is 21.3 Å². The average molecular weight is 409 g/mol. The Kier molecular flexibility index (Phi) is 10.7. The van der Waals surface area contributed by atoms with Crippen molar-refractivity contribution in [1.29, 1.82) is 0 Å². The molecular weight excluding hydrogens is 368 g/mol. The van der Waals surface area contributed by atoms with Gasteiger partial charge in [-0.2, -0.15) is 0 Å². The Balaban J connectivity index is 2.50. The summed E-state index contributed by atoms with van der Waals surface area (Å²) in [4.78, 5) is 12.4. The van der Waals surface area contributed by atoms with Gasteiger partial charge in [-0.05, 0) is 66.2 Å². The first-order valence-electron chi connectivity index (χ1n) is 10.5. The van der Waals surface area contributed by atoms with Crippen LogP contribution in [-0.2, 0) is 19.0 Å². The predicted octanol–water partition coefficient (Wildman–Crippen LogP) is 5.10. The van der Waals surface area contributed by atoms with Crippen molar-refractivity contribution in [3.63, 3.8) is 0 Å². The number of rotatable bonds is 12. The first-order chi connectivity index (χ1) is 13.6. The molecule has 0 aromatic heterocycles. The molecule has 29 heavy (non-hydrogen) atoms. The molecule has 1 aliphatic rings. The number of allylic oxidation sites excluding steroid dienone is 5. The van der Waals surface area contributed by atoms with Crippen LogP contribution in [0.3, 0.4) is 0 Å². The molecule has 0 aliphatic heterocycles. The number of hydrogen-bond acceptors (Lipinski definition) is 5. The lowest BCUT2D eigenvalue weighted by Crippen LogP contribution is -2.36. The summed E-state index contributed by atoms with van der Waals surface area (Å²) in [6.45, 7) is 8.50. The second kappa shape index (κ2) is 12.2. The minimum atomic E-state index is -0.946. The van der Waals surface area contributed by atoms with Crippen LogP contribution >= 0.6 is 0 Å². The van der Waals surface area contributed by atoms with Gasteiger partial charge < -0.3 is 19.3 Å². The van der Waals surface area contributed by atoms with Crippen molar-refractivity contribution in [2.24, 2.45) is 5.92 Å². The molecule has 0 aromatic rings. The number of carbonyl (C=O) groups is 1. The standard InChI is InChI=1S/C24H40O5/c1-17(12-9-15-24(3,4)29-7)10-8-11-18(2)13-14-19-20(25)16-21(27-5)23(28-6)22(19)26/h10,13,19,22,26H,8-9,11-12,14-16H2,1-7H3. The van der Waals surface area contributed by atoms with E-state index >= 15 is 0 Å². The monoisotopic (exact) mass is 408 g/mol. The van der Waals surface area contributed by atoms with E-state index in [4.69, 9.17) is 14.2 Å². The first kappa shape index (κ1) is 25.4. The lowest BCUT2D eigenvalue weighted by molar-refractivity contribution is -0.128. The number of ketones is 1. The van der Waals surface area contributed by atoms with Gasteiger partial charge in [0, 0.05) is 7.11 Å². The van der Waals surface area contributed by atoms with E-state index in [2.05, 4.69) is 39.8 Å². The number of carbonyl (C=O) groups excluding carboxylic acids is 1. The van der Waals surface area contributed by atoms with Crippen molar-refractivity contribution >= 4 is 5.78 Å². The van der Waals surface area contributed by atoms with E-state index in [0.29, 0.717) is 17.9 Å². The van der Waals surface area contributed by atoms with E-state index in [1.807, 2.05) is 0 Å². The lowest BCUT2D eigenvalue weighted by atomic mass is 9.84. The number of hydrogen-bond donors (Lipinski definition) is 1. The van der Waals surface area contributed by atoms with Crippen molar-refractivity contribution in [1.82, 2.24) is 0 Å². The maximum absolute atomic E-state index is 12.4. The third-order valence-corrected chi connectivity index (χ3v) is 5.79. The summed E-state index contributed by atoms with van der Waals surface area (Å²) in [5.74, 6) is 0.323. The summed E-state index contributed by atoms with van der Waals surface area (Å²) in [6, 6.07) is 0. The van der Waals surface area contributed by atoms with Crippen LogP contribution in [0.2, 0.25) is 0 Å². The molecule has 0 radical (unpaired) electrons. The molecule has 0 saturated heterocycles. The van der Waals surface area contributed by atoms with E-state index < -0.39 is 12.0 Å². The fourth-order valence-corrected chi connectivity index (χ4v) is 3.54. The SMILES string of the molecule is COC1=C(OC)C(O)C(CC=C(C)CCC=C(C)CCCC(C)(C)OC)C(=O)C1. The molecule has 1 N–H and O–H groups in total. The van der Waals surface area contributed by atoms with E-state index in [1.54, 1.807) is 7.11 Å². The number of aliphatic hydroxyl groups excluding tert-OH is 1. The molecule has 2 unspecified atom stereocenters. The molecule has 0 spiro atoms. The van der Waals surface area contributed by atoms with Crippen LogP contribution in [0.5, 0.6) is 0 Å². The van der Waals surface area contributed by atoms with Gasteiger partial charge in [-0.15, -0.1) is 0 Å². The van der Waals surface area contributed by atoms with Crippen LogP contribution in [0, 0.1) is 5.92 Å².